The maximum Gasteiger partial charge on any atom is 0.255 e. The molecule has 2 aromatic rings. The topological polar surface area (TPSA) is 49.8 Å². The summed E-state index contributed by atoms with van der Waals surface area (Å²) >= 11 is 1.61. The van der Waals surface area contributed by atoms with E-state index in [1.807, 2.05) is 34.5 Å². The lowest BCUT2D eigenvalue weighted by molar-refractivity contribution is -0.0415. The molecule has 1 amide bonds. The maximum absolute atomic E-state index is 12.9. The minimum absolute atomic E-state index is 0.0830. The molecule has 2 aliphatic rings. The van der Waals surface area contributed by atoms with E-state index < -0.39 is 0 Å². The molecular formula is C17H19NO3S. The Morgan fingerprint density at radius 3 is 3.14 bits per heavy atom. The van der Waals surface area contributed by atoms with Gasteiger partial charge in [0.15, 0.2) is 0 Å². The Labute approximate surface area is 133 Å². The van der Waals surface area contributed by atoms with Crippen molar-refractivity contribution in [3.63, 3.8) is 0 Å². The number of thiophene rings is 1. The lowest BCUT2D eigenvalue weighted by Crippen LogP contribution is -2.41. The van der Waals surface area contributed by atoms with E-state index in [4.69, 9.17) is 4.74 Å². The zero-order valence-corrected chi connectivity index (χ0v) is 13.1. The van der Waals surface area contributed by atoms with Crippen molar-refractivity contribution in [3.8, 4) is 0 Å². The van der Waals surface area contributed by atoms with Gasteiger partial charge in [0.2, 0.25) is 0 Å². The van der Waals surface area contributed by atoms with Crippen LogP contribution in [-0.2, 0) is 4.74 Å². The van der Waals surface area contributed by atoms with Crippen LogP contribution in [0.15, 0.2) is 29.6 Å². The van der Waals surface area contributed by atoms with Crippen LogP contribution < -0.4 is 0 Å². The zero-order chi connectivity index (χ0) is 15.2. The van der Waals surface area contributed by atoms with Crippen molar-refractivity contribution >= 4 is 27.3 Å². The summed E-state index contributed by atoms with van der Waals surface area (Å²) in [5, 5.41) is 12.8. The number of fused-ring (bicyclic) bond motifs is 2. The average molecular weight is 317 g/mol. The first-order valence-electron chi connectivity index (χ1n) is 7.68. The fourth-order valence-corrected chi connectivity index (χ4v) is 4.71. The van der Waals surface area contributed by atoms with E-state index in [0.29, 0.717) is 26.3 Å². The molecule has 116 valence electrons. The van der Waals surface area contributed by atoms with Crippen molar-refractivity contribution in [3.05, 3.63) is 35.2 Å². The number of nitrogens with zero attached hydrogens (tertiary/aromatic N) is 1. The van der Waals surface area contributed by atoms with Gasteiger partial charge in [-0.2, -0.15) is 0 Å². The molecule has 4 rings (SSSR count). The molecule has 0 unspecified atom stereocenters. The van der Waals surface area contributed by atoms with E-state index in [9.17, 15) is 9.90 Å². The van der Waals surface area contributed by atoms with E-state index in [1.54, 1.807) is 11.3 Å². The molecule has 0 bridgehead atoms. The van der Waals surface area contributed by atoms with Crippen LogP contribution in [0.4, 0.5) is 0 Å². The molecule has 22 heavy (non-hydrogen) atoms. The van der Waals surface area contributed by atoms with Gasteiger partial charge >= 0.3 is 0 Å². The first-order valence-corrected chi connectivity index (χ1v) is 8.56. The van der Waals surface area contributed by atoms with Gasteiger partial charge in [0.25, 0.3) is 5.91 Å². The molecular weight excluding hydrogens is 298 g/mol. The van der Waals surface area contributed by atoms with Gasteiger partial charge < -0.3 is 14.7 Å². The minimum atomic E-state index is -0.167. The number of hydrogen-bond acceptors (Lipinski definition) is 4. The molecule has 5 heteroatoms. The molecule has 0 spiro atoms. The highest BCUT2D eigenvalue weighted by Gasteiger charge is 2.49. The second-order valence-electron chi connectivity index (χ2n) is 6.37. The summed E-state index contributed by atoms with van der Waals surface area (Å²) in [7, 11) is 0. The monoisotopic (exact) mass is 317 g/mol. The van der Waals surface area contributed by atoms with E-state index in [0.717, 1.165) is 22.1 Å². The Morgan fingerprint density at radius 1 is 1.45 bits per heavy atom. The summed E-state index contributed by atoms with van der Waals surface area (Å²) in [5.74, 6) is 0.333. The predicted molar refractivity (Wildman–Crippen MR) is 86.2 cm³/mol. The molecule has 2 atom stereocenters. The average Bonchev–Trinajstić information content (AvgIpc) is 3.16. The van der Waals surface area contributed by atoms with E-state index >= 15 is 0 Å². The normalized spacial score (nSPS) is 28.0. The number of likely N-dealkylation sites (tertiary alicyclic amines) is 1. The first-order chi connectivity index (χ1) is 10.7. The third-order valence-corrected chi connectivity index (χ3v) is 6.15. The number of carbonyl (C=O) groups is 1. The van der Waals surface area contributed by atoms with Gasteiger partial charge in [-0.15, -0.1) is 11.3 Å². The van der Waals surface area contributed by atoms with Gasteiger partial charge in [0, 0.05) is 46.5 Å². The number of aliphatic hydroxyl groups excluding tert-OH is 1. The van der Waals surface area contributed by atoms with Crippen molar-refractivity contribution in [1.82, 2.24) is 4.90 Å². The number of ether oxygens (including phenoxy) is 1. The van der Waals surface area contributed by atoms with Crippen LogP contribution in [0, 0.1) is 11.3 Å². The van der Waals surface area contributed by atoms with Crippen LogP contribution in [0.25, 0.3) is 10.1 Å². The quantitative estimate of drug-likeness (QED) is 0.925. The highest BCUT2D eigenvalue weighted by atomic mass is 32.1. The molecule has 1 aromatic carbocycles. The molecule has 2 aliphatic heterocycles. The van der Waals surface area contributed by atoms with Gasteiger partial charge in [-0.25, -0.2) is 0 Å². The van der Waals surface area contributed by atoms with Crippen LogP contribution in [-0.4, -0.2) is 48.8 Å². The summed E-state index contributed by atoms with van der Waals surface area (Å²) in [6.45, 7) is 2.79. The van der Waals surface area contributed by atoms with Gasteiger partial charge in [0.05, 0.1) is 18.8 Å². The van der Waals surface area contributed by atoms with Crippen LogP contribution in [0.2, 0.25) is 0 Å². The van der Waals surface area contributed by atoms with Gasteiger partial charge in [0.1, 0.15) is 0 Å². The van der Waals surface area contributed by atoms with Gasteiger partial charge in [-0.05, 0) is 12.5 Å². The van der Waals surface area contributed by atoms with E-state index in [2.05, 4.69) is 0 Å². The Hall–Kier alpha value is -1.43. The van der Waals surface area contributed by atoms with E-state index in [1.165, 1.54) is 0 Å². The minimum Gasteiger partial charge on any atom is -0.396 e. The molecule has 2 fully saturated rings. The predicted octanol–water partition coefficient (Wildman–Crippen LogP) is 2.37. The smallest absolute Gasteiger partial charge is 0.255 e. The largest absolute Gasteiger partial charge is 0.396 e. The van der Waals surface area contributed by atoms with Crippen molar-refractivity contribution in [1.29, 1.82) is 0 Å². The highest BCUT2D eigenvalue weighted by molar-refractivity contribution is 7.17. The Bertz CT molecular complexity index is 713. The number of benzene rings is 1. The number of amides is 1. The number of carbonyl (C=O) groups excluding carboxylic acids is 1. The lowest BCUT2D eigenvalue weighted by atomic mass is 9.75. The number of aliphatic hydroxyl groups is 1. The highest BCUT2D eigenvalue weighted by Crippen LogP contribution is 2.42. The molecule has 3 heterocycles. The van der Waals surface area contributed by atoms with Gasteiger partial charge in [-0.3, -0.25) is 4.79 Å². The van der Waals surface area contributed by atoms with Crippen molar-refractivity contribution in [2.75, 3.05) is 32.9 Å². The summed E-state index contributed by atoms with van der Waals surface area (Å²) in [5.41, 5.74) is 0.618. The third kappa shape index (κ3) is 2.07. The summed E-state index contributed by atoms with van der Waals surface area (Å²) in [6, 6.07) is 8.02. The Morgan fingerprint density at radius 2 is 2.32 bits per heavy atom. The van der Waals surface area contributed by atoms with E-state index in [-0.39, 0.29) is 23.8 Å². The third-order valence-electron chi connectivity index (χ3n) is 5.19. The SMILES string of the molecule is O=C(c1csc2ccccc12)N1C[C@@H]2COCC[C@]2(CO)C1. The van der Waals surface area contributed by atoms with Crippen molar-refractivity contribution in [2.45, 2.75) is 6.42 Å². The molecule has 2 saturated heterocycles. The second-order valence-corrected chi connectivity index (χ2v) is 7.28. The van der Waals surface area contributed by atoms with Crippen LogP contribution in [0.3, 0.4) is 0 Å². The maximum atomic E-state index is 12.9. The number of rotatable bonds is 2. The molecule has 0 aliphatic carbocycles. The summed E-state index contributed by atoms with van der Waals surface area (Å²) in [4.78, 5) is 14.8. The van der Waals surface area contributed by atoms with Crippen LogP contribution >= 0.6 is 11.3 Å². The Balaban J connectivity index is 1.64. The first kappa shape index (κ1) is 14.2. The zero-order valence-electron chi connectivity index (χ0n) is 12.3. The molecule has 1 N–H and O–H groups in total. The lowest BCUT2D eigenvalue weighted by Gasteiger charge is -2.36. The standard InChI is InChI=1S/C17H19NO3S/c19-11-17-5-6-21-8-12(17)7-18(10-17)16(20)14-9-22-15-4-2-1-3-13(14)15/h1-4,9,12,19H,5-8,10-11H2/t12-,17-/m1/s1. The van der Waals surface area contributed by atoms with Crippen molar-refractivity contribution < 1.29 is 14.6 Å². The molecule has 1 aromatic heterocycles. The van der Waals surface area contributed by atoms with Crippen LogP contribution in [0.1, 0.15) is 16.8 Å². The summed E-state index contributed by atoms with van der Waals surface area (Å²) in [6.07, 6.45) is 0.836. The molecule has 4 nitrogen and oxygen atoms in total. The molecule has 0 radical (unpaired) electrons. The number of hydrogen-bond donors (Lipinski definition) is 1. The fourth-order valence-electron chi connectivity index (χ4n) is 3.77. The van der Waals surface area contributed by atoms with Crippen molar-refractivity contribution in [2.24, 2.45) is 11.3 Å². The fraction of sp³-hybridized carbons (Fsp3) is 0.471. The summed E-state index contributed by atoms with van der Waals surface area (Å²) < 4.78 is 6.69. The van der Waals surface area contributed by atoms with Gasteiger partial charge in [-0.1, -0.05) is 18.2 Å². The second kappa shape index (κ2) is 5.33. The Kier molecular flexibility index (Phi) is 3.44. The molecule has 0 saturated carbocycles. The van der Waals surface area contributed by atoms with Crippen LogP contribution in [0.5, 0.6) is 0 Å².